The highest BCUT2D eigenvalue weighted by Gasteiger charge is 2.15. The van der Waals surface area contributed by atoms with Gasteiger partial charge in [0, 0.05) is 0 Å². The van der Waals surface area contributed by atoms with Gasteiger partial charge in [0.1, 0.15) is 0 Å². The van der Waals surface area contributed by atoms with E-state index >= 15 is 0 Å². The number of unbranched alkanes of at least 4 members (excludes halogenated alkanes) is 9. The average molecular weight is 359 g/mol. The minimum absolute atomic E-state index is 0.157. The Labute approximate surface area is 146 Å². The molecule has 1 aromatic rings. The highest BCUT2D eigenvalue weighted by atomic mass is 35.5. The van der Waals surface area contributed by atoms with E-state index in [1.807, 2.05) is 0 Å². The largest absolute Gasteiger partial charge is 0.299 e. The Morgan fingerprint density at radius 3 is 1.96 bits per heavy atom. The van der Waals surface area contributed by atoms with Gasteiger partial charge in [-0.15, -0.1) is 0 Å². The average Bonchev–Trinajstić information content (AvgIpc) is 2.51. The molecule has 1 N–H and O–H groups in total. The number of halogens is 1. The van der Waals surface area contributed by atoms with Crippen molar-refractivity contribution in [3.05, 3.63) is 23.2 Å². The van der Waals surface area contributed by atoms with Crippen LogP contribution >= 0.6 is 11.6 Å². The molecule has 0 atom stereocenters. The second-order valence-corrected chi connectivity index (χ2v) is 8.66. The van der Waals surface area contributed by atoms with Gasteiger partial charge in [-0.05, 0) is 24.6 Å². The molecule has 3 nitrogen and oxygen atoms in total. The summed E-state index contributed by atoms with van der Waals surface area (Å²) >= 11 is 5.83. The van der Waals surface area contributed by atoms with Crippen LogP contribution in [-0.2, 0) is 9.84 Å². The van der Waals surface area contributed by atoms with Crippen molar-refractivity contribution in [2.45, 2.75) is 76.0 Å². The predicted octanol–water partition coefficient (Wildman–Crippen LogP) is 5.95. The smallest absolute Gasteiger partial charge is 0.178 e. The lowest BCUT2D eigenvalue weighted by Gasteiger charge is -2.06. The Morgan fingerprint density at radius 1 is 0.913 bits per heavy atom. The lowest BCUT2D eigenvalue weighted by molar-refractivity contribution is 0.558. The van der Waals surface area contributed by atoms with Crippen molar-refractivity contribution in [1.82, 2.24) is 5.73 Å². The number of rotatable bonds is 12. The lowest BCUT2D eigenvalue weighted by Crippen LogP contribution is -2.06. The molecule has 0 unspecified atom stereocenters. The third-order valence-electron chi connectivity index (χ3n) is 4.07. The molecular weight excluding hydrogens is 330 g/mol. The summed E-state index contributed by atoms with van der Waals surface area (Å²) in [6.45, 7) is 2.23. The molecule has 0 aliphatic carbocycles. The van der Waals surface area contributed by atoms with Crippen LogP contribution in [-0.4, -0.2) is 14.2 Å². The van der Waals surface area contributed by atoms with Gasteiger partial charge in [0.25, 0.3) is 0 Å². The number of nitrogens with one attached hydrogen (secondary N) is 1. The molecule has 131 valence electrons. The van der Waals surface area contributed by atoms with E-state index < -0.39 is 9.84 Å². The molecule has 0 amide bonds. The Hall–Kier alpha value is -0.740. The third kappa shape index (κ3) is 8.07. The maximum absolute atomic E-state index is 12.2. The predicted molar refractivity (Wildman–Crippen MR) is 98.1 cm³/mol. The van der Waals surface area contributed by atoms with Crippen molar-refractivity contribution < 1.29 is 8.42 Å². The van der Waals surface area contributed by atoms with E-state index in [2.05, 4.69) is 6.92 Å². The summed E-state index contributed by atoms with van der Waals surface area (Å²) in [7, 11) is -3.28. The van der Waals surface area contributed by atoms with Gasteiger partial charge in [-0.25, -0.2) is 8.42 Å². The van der Waals surface area contributed by atoms with E-state index in [1.165, 1.54) is 63.1 Å². The summed E-state index contributed by atoms with van der Waals surface area (Å²) in [5, 5.41) is 0.189. The second-order valence-electron chi connectivity index (χ2n) is 6.14. The molecule has 0 aliphatic rings. The first-order valence-corrected chi connectivity index (χ1v) is 10.7. The monoisotopic (exact) mass is 358 g/mol. The lowest BCUT2D eigenvalue weighted by atomic mass is 10.1. The van der Waals surface area contributed by atoms with Crippen LogP contribution in [0.2, 0.25) is 5.02 Å². The van der Waals surface area contributed by atoms with E-state index in [0.29, 0.717) is 6.42 Å². The highest BCUT2D eigenvalue weighted by Crippen LogP contribution is 2.24. The van der Waals surface area contributed by atoms with Crippen molar-refractivity contribution >= 4 is 27.1 Å². The molecule has 0 heterocycles. The minimum atomic E-state index is -3.28. The van der Waals surface area contributed by atoms with Gasteiger partial charge in [-0.3, -0.25) is 5.73 Å². The van der Waals surface area contributed by atoms with E-state index in [1.54, 1.807) is 0 Å². The van der Waals surface area contributed by atoms with Crippen LogP contribution in [0.3, 0.4) is 0 Å². The first-order chi connectivity index (χ1) is 11.0. The molecule has 23 heavy (non-hydrogen) atoms. The zero-order valence-corrected chi connectivity index (χ0v) is 15.7. The van der Waals surface area contributed by atoms with Crippen molar-refractivity contribution in [3.8, 4) is 0 Å². The number of hydrogen-bond donors (Lipinski definition) is 0. The van der Waals surface area contributed by atoms with Gasteiger partial charge in [-0.2, -0.15) is 0 Å². The van der Waals surface area contributed by atoms with Crippen molar-refractivity contribution in [2.24, 2.45) is 0 Å². The van der Waals surface area contributed by atoms with Gasteiger partial charge < -0.3 is 0 Å². The van der Waals surface area contributed by atoms with E-state index in [0.717, 1.165) is 12.8 Å². The molecule has 1 rings (SSSR count). The molecule has 0 fully saturated rings. The molecule has 0 saturated carbocycles. The number of sulfone groups is 1. The van der Waals surface area contributed by atoms with Crippen molar-refractivity contribution in [3.63, 3.8) is 0 Å². The molecule has 0 aliphatic heterocycles. The summed E-state index contributed by atoms with van der Waals surface area (Å²) in [4.78, 5) is 0.231. The summed E-state index contributed by atoms with van der Waals surface area (Å²) < 4.78 is 24.4. The quantitative estimate of drug-likeness (QED) is 0.433. The third-order valence-corrected chi connectivity index (χ3v) is 6.18. The number of hydrogen-bond acceptors (Lipinski definition) is 2. The van der Waals surface area contributed by atoms with Crippen LogP contribution in [0.1, 0.15) is 71.1 Å². The first-order valence-electron chi connectivity index (χ1n) is 8.71. The van der Waals surface area contributed by atoms with Crippen LogP contribution in [0, 0.1) is 0 Å². The zero-order chi connectivity index (χ0) is 17.1. The SMILES string of the molecule is CCCCCCCCCCCCS(=O)(=O)c1ccc([NH])c(Cl)c1. The molecular formula is C18H29ClNO2S. The second kappa shape index (κ2) is 10.9. The Balaban J connectivity index is 2.18. The first kappa shape index (κ1) is 20.3. The minimum Gasteiger partial charge on any atom is -0.299 e. The summed E-state index contributed by atoms with van der Waals surface area (Å²) in [6.07, 6.45) is 11.8. The van der Waals surface area contributed by atoms with Crippen molar-refractivity contribution in [1.29, 1.82) is 0 Å². The molecule has 5 heteroatoms. The van der Waals surface area contributed by atoms with Gasteiger partial charge >= 0.3 is 0 Å². The highest BCUT2D eigenvalue weighted by molar-refractivity contribution is 7.91. The van der Waals surface area contributed by atoms with Gasteiger partial charge in [-0.1, -0.05) is 76.3 Å². The van der Waals surface area contributed by atoms with E-state index in [4.69, 9.17) is 17.3 Å². The van der Waals surface area contributed by atoms with Crippen LogP contribution in [0.4, 0.5) is 5.69 Å². The maximum Gasteiger partial charge on any atom is 0.178 e. The normalized spacial score (nSPS) is 11.7. The Kier molecular flexibility index (Phi) is 9.65. The summed E-state index contributed by atoms with van der Waals surface area (Å²) in [5.41, 5.74) is 7.64. The summed E-state index contributed by atoms with van der Waals surface area (Å²) in [5.74, 6) is 0.164. The molecule has 0 saturated heterocycles. The van der Waals surface area contributed by atoms with Crippen LogP contribution in [0.25, 0.3) is 0 Å². The Bertz CT molecular complexity index is 558. The van der Waals surface area contributed by atoms with Crippen molar-refractivity contribution in [2.75, 3.05) is 5.75 Å². The summed E-state index contributed by atoms with van der Waals surface area (Å²) in [6, 6.07) is 4.29. The van der Waals surface area contributed by atoms with Crippen LogP contribution in [0.5, 0.6) is 0 Å². The molecule has 0 spiro atoms. The van der Waals surface area contributed by atoms with Crippen LogP contribution < -0.4 is 5.73 Å². The molecule has 1 aromatic carbocycles. The zero-order valence-electron chi connectivity index (χ0n) is 14.1. The fourth-order valence-corrected chi connectivity index (χ4v) is 4.22. The molecule has 0 aromatic heterocycles. The molecule has 0 bridgehead atoms. The van der Waals surface area contributed by atoms with Gasteiger partial charge in [0.2, 0.25) is 0 Å². The standard InChI is InChI=1S/C18H29ClNO2S/c1-2-3-4-5-6-7-8-9-10-11-14-23(21,22)16-12-13-18(20)17(19)15-16/h12-13,15,20H,2-11,14H2,1H3. The van der Waals surface area contributed by atoms with E-state index in [9.17, 15) is 8.42 Å². The Morgan fingerprint density at radius 2 is 1.43 bits per heavy atom. The topological polar surface area (TPSA) is 57.9 Å². The fourth-order valence-electron chi connectivity index (χ4n) is 2.59. The maximum atomic E-state index is 12.2. The van der Waals surface area contributed by atoms with Gasteiger partial charge in [0.15, 0.2) is 9.84 Å². The fraction of sp³-hybridized carbons (Fsp3) is 0.667. The van der Waals surface area contributed by atoms with E-state index in [-0.39, 0.29) is 21.4 Å². The molecule has 1 radical (unpaired) electrons. The van der Waals surface area contributed by atoms with Crippen LogP contribution in [0.15, 0.2) is 23.1 Å². The van der Waals surface area contributed by atoms with Gasteiger partial charge in [0.05, 0.1) is 21.4 Å². The number of benzene rings is 1.